The maximum atomic E-state index is 11.8. The number of methoxy groups -OCH3 is 1. The molecule has 31 heavy (non-hydrogen) atoms. The van der Waals surface area contributed by atoms with Crippen LogP contribution in [-0.4, -0.2) is 35.8 Å². The van der Waals surface area contributed by atoms with E-state index in [1.807, 2.05) is 54.6 Å². The van der Waals surface area contributed by atoms with Gasteiger partial charge in [-0.15, -0.1) is 0 Å². The number of rotatable bonds is 3. The molecule has 1 amide bonds. The van der Waals surface area contributed by atoms with Crippen molar-refractivity contribution in [1.82, 2.24) is 4.98 Å². The summed E-state index contributed by atoms with van der Waals surface area (Å²) < 4.78 is 4.88. The Labute approximate surface area is 179 Å². The number of para-hydroxylation sites is 1. The van der Waals surface area contributed by atoms with Gasteiger partial charge in [-0.1, -0.05) is 48.5 Å². The second-order valence-corrected chi connectivity index (χ2v) is 6.35. The molecular formula is C22H22N6O3. The second-order valence-electron chi connectivity index (χ2n) is 6.35. The molecule has 0 radical (unpaired) electrons. The predicted molar refractivity (Wildman–Crippen MR) is 118 cm³/mol. The number of aromatic nitrogens is 1. The van der Waals surface area contributed by atoms with Crippen LogP contribution < -0.4 is 21.7 Å². The van der Waals surface area contributed by atoms with Gasteiger partial charge in [-0.3, -0.25) is 15.2 Å². The minimum atomic E-state index is -0.886. The molecule has 0 spiro atoms. The van der Waals surface area contributed by atoms with Crippen LogP contribution in [0.2, 0.25) is 0 Å². The quantitative estimate of drug-likeness (QED) is 0.291. The summed E-state index contributed by atoms with van der Waals surface area (Å²) in [4.78, 5) is 24.2. The Morgan fingerprint density at radius 1 is 1.06 bits per heavy atom. The molecule has 4 rings (SSSR count). The largest absolute Gasteiger partial charge is 0.495 e. The van der Waals surface area contributed by atoms with E-state index < -0.39 is 6.17 Å². The van der Waals surface area contributed by atoms with Crippen LogP contribution in [0.1, 0.15) is 16.8 Å². The van der Waals surface area contributed by atoms with Crippen molar-refractivity contribution in [3.05, 3.63) is 89.7 Å². The van der Waals surface area contributed by atoms with Gasteiger partial charge in [0, 0.05) is 11.1 Å². The lowest BCUT2D eigenvalue weighted by Crippen LogP contribution is -2.33. The Hall–Kier alpha value is -4.08. The van der Waals surface area contributed by atoms with Gasteiger partial charge in [0.25, 0.3) is 11.8 Å². The van der Waals surface area contributed by atoms with E-state index in [2.05, 4.69) is 20.1 Å². The van der Waals surface area contributed by atoms with Crippen molar-refractivity contribution < 1.29 is 14.4 Å². The van der Waals surface area contributed by atoms with Gasteiger partial charge < -0.3 is 20.6 Å². The van der Waals surface area contributed by atoms with Crippen molar-refractivity contribution in [2.75, 3.05) is 12.4 Å². The SMILES string of the molecule is COc1ccc(C(=N)ON)nc1.NC1N=C(c2ccccc2)c2ccccc2NC1=O. The van der Waals surface area contributed by atoms with Crippen LogP contribution >= 0.6 is 0 Å². The predicted octanol–water partition coefficient (Wildman–Crippen LogP) is 2.07. The number of hydrogen-bond acceptors (Lipinski definition) is 8. The lowest BCUT2D eigenvalue weighted by Gasteiger charge is -2.09. The van der Waals surface area contributed by atoms with Gasteiger partial charge in [-0.25, -0.2) is 4.98 Å². The summed E-state index contributed by atoms with van der Waals surface area (Å²) in [5.41, 5.74) is 9.47. The topological polar surface area (TPSA) is 149 Å². The number of nitrogens with zero attached hydrogens (tertiary/aromatic N) is 2. The lowest BCUT2D eigenvalue weighted by atomic mass is 10.0. The first-order valence-corrected chi connectivity index (χ1v) is 9.28. The third-order valence-corrected chi connectivity index (χ3v) is 4.35. The Balaban J connectivity index is 0.000000196. The molecule has 1 atom stereocenters. The van der Waals surface area contributed by atoms with Crippen molar-refractivity contribution in [3.8, 4) is 5.75 Å². The van der Waals surface area contributed by atoms with Gasteiger partial charge in [0.1, 0.15) is 11.4 Å². The maximum absolute atomic E-state index is 11.8. The number of nitrogens with two attached hydrogens (primary N) is 2. The number of amides is 1. The van der Waals surface area contributed by atoms with Gasteiger partial charge in [-0.2, -0.15) is 5.90 Å². The van der Waals surface area contributed by atoms with E-state index in [1.165, 1.54) is 6.20 Å². The first kappa shape index (κ1) is 21.6. The maximum Gasteiger partial charge on any atom is 0.263 e. The Morgan fingerprint density at radius 3 is 2.42 bits per heavy atom. The molecule has 0 fully saturated rings. The molecule has 1 unspecified atom stereocenters. The molecule has 3 aromatic rings. The molecule has 2 heterocycles. The van der Waals surface area contributed by atoms with Crippen molar-refractivity contribution in [3.63, 3.8) is 0 Å². The van der Waals surface area contributed by atoms with Crippen LogP contribution in [0, 0.1) is 5.41 Å². The Bertz CT molecular complexity index is 1080. The zero-order valence-corrected chi connectivity index (χ0v) is 16.8. The molecule has 9 heteroatoms. The molecule has 0 bridgehead atoms. The highest BCUT2D eigenvalue weighted by Crippen LogP contribution is 2.23. The number of ether oxygens (including phenoxy) is 1. The third kappa shape index (κ3) is 5.30. The van der Waals surface area contributed by atoms with E-state index in [0.717, 1.165) is 22.5 Å². The fourth-order valence-electron chi connectivity index (χ4n) is 2.79. The fourth-order valence-corrected chi connectivity index (χ4v) is 2.79. The number of benzene rings is 2. The van der Waals surface area contributed by atoms with Gasteiger partial charge >= 0.3 is 0 Å². The first-order chi connectivity index (χ1) is 15.0. The van der Waals surface area contributed by atoms with Crippen LogP contribution in [0.4, 0.5) is 5.69 Å². The summed E-state index contributed by atoms with van der Waals surface area (Å²) in [7, 11) is 1.54. The smallest absolute Gasteiger partial charge is 0.263 e. The molecular weight excluding hydrogens is 396 g/mol. The third-order valence-electron chi connectivity index (χ3n) is 4.35. The molecule has 2 aromatic carbocycles. The molecule has 1 aromatic heterocycles. The zero-order chi connectivity index (χ0) is 22.2. The fraction of sp³-hybridized carbons (Fsp3) is 0.0909. The summed E-state index contributed by atoms with van der Waals surface area (Å²) in [6.07, 6.45) is 0.603. The van der Waals surface area contributed by atoms with Crippen molar-refractivity contribution in [1.29, 1.82) is 5.41 Å². The number of nitrogens with one attached hydrogen (secondary N) is 2. The highest BCUT2D eigenvalue weighted by Gasteiger charge is 2.22. The number of benzodiazepines with no additional fused rings is 1. The van der Waals surface area contributed by atoms with Gasteiger partial charge in [0.15, 0.2) is 6.17 Å². The Morgan fingerprint density at radius 2 is 1.77 bits per heavy atom. The standard InChI is InChI=1S/C15H13N3O.C7H9N3O2/c16-14-15(19)17-12-9-5-4-8-11(12)13(18-14)10-6-2-1-3-7-10;1-11-5-2-3-6(10-4-5)7(8)12-9/h1-9,14H,16H2,(H,17,19);2-4,8H,9H2,1H3. The summed E-state index contributed by atoms with van der Waals surface area (Å²) in [6.45, 7) is 0. The molecule has 9 nitrogen and oxygen atoms in total. The Kier molecular flexibility index (Phi) is 7.05. The summed E-state index contributed by atoms with van der Waals surface area (Å²) in [6, 6.07) is 20.6. The van der Waals surface area contributed by atoms with Gasteiger partial charge in [0.05, 0.1) is 24.7 Å². The monoisotopic (exact) mass is 418 g/mol. The second kappa shape index (κ2) is 10.1. The van der Waals surface area contributed by atoms with E-state index in [1.54, 1.807) is 19.2 Å². The van der Waals surface area contributed by atoms with Crippen LogP contribution in [0.5, 0.6) is 5.75 Å². The minimum absolute atomic E-state index is 0.169. The van der Waals surface area contributed by atoms with E-state index in [4.69, 9.17) is 21.8 Å². The summed E-state index contributed by atoms with van der Waals surface area (Å²) in [5, 5.41) is 9.95. The number of hydrogen-bond donors (Lipinski definition) is 4. The number of pyridine rings is 1. The molecule has 1 aliphatic heterocycles. The number of carbonyl (C=O) groups excluding carboxylic acids is 1. The number of carbonyl (C=O) groups is 1. The molecule has 6 N–H and O–H groups in total. The van der Waals surface area contributed by atoms with E-state index >= 15 is 0 Å². The molecule has 0 saturated heterocycles. The van der Waals surface area contributed by atoms with Crippen LogP contribution in [0.3, 0.4) is 0 Å². The molecule has 0 saturated carbocycles. The lowest BCUT2D eigenvalue weighted by molar-refractivity contribution is -0.117. The first-order valence-electron chi connectivity index (χ1n) is 9.28. The van der Waals surface area contributed by atoms with Crippen LogP contribution in [-0.2, 0) is 9.63 Å². The van der Waals surface area contributed by atoms with E-state index in [9.17, 15) is 4.79 Å². The highest BCUT2D eigenvalue weighted by atomic mass is 16.6. The van der Waals surface area contributed by atoms with Gasteiger partial charge in [0.2, 0.25) is 0 Å². The van der Waals surface area contributed by atoms with Gasteiger partial charge in [-0.05, 0) is 18.2 Å². The van der Waals surface area contributed by atoms with E-state index in [-0.39, 0.29) is 11.8 Å². The van der Waals surface area contributed by atoms with Crippen molar-refractivity contribution in [2.45, 2.75) is 6.17 Å². The molecule has 158 valence electrons. The molecule has 0 aliphatic carbocycles. The average Bonchev–Trinajstić information content (AvgIpc) is 2.95. The average molecular weight is 418 g/mol. The zero-order valence-electron chi connectivity index (χ0n) is 16.8. The van der Waals surface area contributed by atoms with Crippen LogP contribution in [0.25, 0.3) is 0 Å². The summed E-state index contributed by atoms with van der Waals surface area (Å²) >= 11 is 0. The normalized spacial score (nSPS) is 14.6. The summed E-state index contributed by atoms with van der Waals surface area (Å²) in [5.74, 6) is 4.95. The van der Waals surface area contributed by atoms with E-state index in [0.29, 0.717) is 11.4 Å². The van der Waals surface area contributed by atoms with Crippen molar-refractivity contribution in [2.24, 2.45) is 16.6 Å². The highest BCUT2D eigenvalue weighted by molar-refractivity contribution is 6.19. The number of fused-ring (bicyclic) bond motifs is 1. The number of aliphatic imine (C=N–C) groups is 1. The number of anilines is 1. The van der Waals surface area contributed by atoms with Crippen molar-refractivity contribution >= 4 is 23.2 Å². The van der Waals surface area contributed by atoms with Crippen LogP contribution in [0.15, 0.2) is 77.9 Å². The minimum Gasteiger partial charge on any atom is -0.495 e. The molecule has 1 aliphatic rings.